The molecule has 1 aliphatic rings. The Balaban J connectivity index is 2.03. The highest BCUT2D eigenvalue weighted by Gasteiger charge is 2.21. The Hall–Kier alpha value is -1.50. The number of nitrogen functional groups attached to an aromatic ring is 1. The number of nitrogens with zero attached hydrogens (tertiary/aromatic N) is 1. The number of benzene rings is 1. The minimum Gasteiger partial charge on any atom is -0.486 e. The van der Waals surface area contributed by atoms with E-state index in [1.807, 2.05) is 0 Å². The number of fused-ring (bicyclic) bond motifs is 1. The van der Waals surface area contributed by atoms with Crippen molar-refractivity contribution in [1.82, 2.24) is 4.98 Å². The predicted octanol–water partition coefficient (Wildman–Crippen LogP) is 2.93. The fraction of sp³-hybridized carbons (Fsp3) is 0.214. The van der Waals surface area contributed by atoms with Gasteiger partial charge in [0.1, 0.15) is 25.1 Å². The third-order valence-electron chi connectivity index (χ3n) is 3.15. The first-order chi connectivity index (χ1) is 10.1. The molecule has 110 valence electrons. The number of aliphatic hydroxyl groups excluding tert-OH is 1. The number of anilines is 1. The number of nitrogens with two attached hydrogens (primary N) is 1. The maximum Gasteiger partial charge on any atom is 0.175 e. The van der Waals surface area contributed by atoms with Crippen molar-refractivity contribution < 1.29 is 14.6 Å². The van der Waals surface area contributed by atoms with Gasteiger partial charge in [-0.1, -0.05) is 11.6 Å². The van der Waals surface area contributed by atoms with E-state index in [0.717, 1.165) is 0 Å². The third-order valence-corrected chi connectivity index (χ3v) is 3.94. The standard InChI is InChI=1S/C14H12BrClN2O3/c15-10-3-7(4-11-13(10)21-2-1-20-11)12(19)9-5-8(16)6-18-14(9)17/h3-6,12,19H,1-2H2,(H2,17,18). The van der Waals surface area contributed by atoms with Crippen LogP contribution in [0.2, 0.25) is 5.02 Å². The van der Waals surface area contributed by atoms with E-state index >= 15 is 0 Å². The van der Waals surface area contributed by atoms with Crippen molar-refractivity contribution in [2.24, 2.45) is 0 Å². The zero-order chi connectivity index (χ0) is 15.0. The maximum atomic E-state index is 10.5. The van der Waals surface area contributed by atoms with Crippen LogP contribution in [-0.2, 0) is 0 Å². The smallest absolute Gasteiger partial charge is 0.175 e. The molecule has 3 rings (SSSR count). The van der Waals surface area contributed by atoms with Crippen molar-refractivity contribution in [2.45, 2.75) is 6.10 Å². The summed E-state index contributed by atoms with van der Waals surface area (Å²) >= 11 is 9.33. The zero-order valence-electron chi connectivity index (χ0n) is 10.8. The molecule has 0 fully saturated rings. The van der Waals surface area contributed by atoms with E-state index in [9.17, 15) is 5.11 Å². The summed E-state index contributed by atoms with van der Waals surface area (Å²) in [6, 6.07) is 5.09. The van der Waals surface area contributed by atoms with Crippen molar-refractivity contribution in [3.05, 3.63) is 45.0 Å². The Kier molecular flexibility index (Phi) is 3.93. The van der Waals surface area contributed by atoms with Gasteiger partial charge in [-0.15, -0.1) is 0 Å². The average Bonchev–Trinajstić information content (AvgIpc) is 2.49. The van der Waals surface area contributed by atoms with Gasteiger partial charge in [-0.2, -0.15) is 0 Å². The molecule has 1 aromatic carbocycles. The molecule has 1 aliphatic heterocycles. The lowest BCUT2D eigenvalue weighted by Gasteiger charge is -2.22. The number of rotatable bonds is 2. The quantitative estimate of drug-likeness (QED) is 0.849. The van der Waals surface area contributed by atoms with Gasteiger partial charge < -0.3 is 20.3 Å². The minimum atomic E-state index is -0.955. The molecule has 1 aromatic heterocycles. The lowest BCUT2D eigenvalue weighted by atomic mass is 10.0. The second-order valence-electron chi connectivity index (χ2n) is 4.56. The van der Waals surface area contributed by atoms with Crippen molar-refractivity contribution in [1.29, 1.82) is 0 Å². The van der Waals surface area contributed by atoms with Crippen LogP contribution in [0.5, 0.6) is 11.5 Å². The molecule has 0 saturated heterocycles. The van der Waals surface area contributed by atoms with Crippen LogP contribution in [0.1, 0.15) is 17.2 Å². The van der Waals surface area contributed by atoms with Crippen LogP contribution in [0.25, 0.3) is 0 Å². The van der Waals surface area contributed by atoms with Crippen LogP contribution in [0.15, 0.2) is 28.9 Å². The van der Waals surface area contributed by atoms with E-state index in [4.69, 9.17) is 26.8 Å². The molecule has 2 aromatic rings. The summed E-state index contributed by atoms with van der Waals surface area (Å²) in [7, 11) is 0. The molecule has 1 unspecified atom stereocenters. The van der Waals surface area contributed by atoms with Gasteiger partial charge in [0.2, 0.25) is 0 Å². The molecule has 0 amide bonds. The number of aromatic nitrogens is 1. The van der Waals surface area contributed by atoms with Crippen LogP contribution in [0, 0.1) is 0 Å². The monoisotopic (exact) mass is 370 g/mol. The molecule has 0 bridgehead atoms. The van der Waals surface area contributed by atoms with Gasteiger partial charge in [-0.25, -0.2) is 4.98 Å². The molecular weight excluding hydrogens is 360 g/mol. The van der Waals surface area contributed by atoms with E-state index in [-0.39, 0.29) is 5.82 Å². The Morgan fingerprint density at radius 3 is 2.86 bits per heavy atom. The predicted molar refractivity (Wildman–Crippen MR) is 82.9 cm³/mol. The normalized spacial score (nSPS) is 14.8. The van der Waals surface area contributed by atoms with Crippen molar-refractivity contribution in [2.75, 3.05) is 18.9 Å². The summed E-state index contributed by atoms with van der Waals surface area (Å²) in [5.74, 6) is 1.45. The Morgan fingerprint density at radius 1 is 1.29 bits per heavy atom. The number of ether oxygens (including phenoxy) is 2. The molecule has 1 atom stereocenters. The fourth-order valence-corrected chi connectivity index (χ4v) is 2.89. The highest BCUT2D eigenvalue weighted by atomic mass is 79.9. The highest BCUT2D eigenvalue weighted by molar-refractivity contribution is 9.10. The Bertz CT molecular complexity index is 696. The molecule has 0 spiro atoms. The number of hydrogen-bond donors (Lipinski definition) is 2. The van der Waals surface area contributed by atoms with Crippen molar-refractivity contribution >= 4 is 33.3 Å². The zero-order valence-corrected chi connectivity index (χ0v) is 13.2. The number of hydrogen-bond acceptors (Lipinski definition) is 5. The molecule has 0 aliphatic carbocycles. The van der Waals surface area contributed by atoms with Gasteiger partial charge in [0.05, 0.1) is 9.50 Å². The molecule has 3 N–H and O–H groups in total. The van der Waals surface area contributed by atoms with Crippen LogP contribution in [0.3, 0.4) is 0 Å². The van der Waals surface area contributed by atoms with E-state index in [0.29, 0.717) is 45.3 Å². The van der Waals surface area contributed by atoms with Crippen LogP contribution in [0.4, 0.5) is 5.82 Å². The summed E-state index contributed by atoms with van der Waals surface area (Å²) < 4.78 is 11.8. The van der Waals surface area contributed by atoms with Crippen LogP contribution < -0.4 is 15.2 Å². The largest absolute Gasteiger partial charge is 0.486 e. The summed E-state index contributed by atoms with van der Waals surface area (Å²) in [6.45, 7) is 0.971. The molecule has 7 heteroatoms. The van der Waals surface area contributed by atoms with Crippen LogP contribution >= 0.6 is 27.5 Å². The summed E-state index contributed by atoms with van der Waals surface area (Å²) in [5, 5.41) is 10.9. The second kappa shape index (κ2) is 5.71. The van der Waals surface area contributed by atoms with E-state index < -0.39 is 6.10 Å². The maximum absolute atomic E-state index is 10.5. The summed E-state index contributed by atoms with van der Waals surface area (Å²) in [6.07, 6.45) is 0.482. The van der Waals surface area contributed by atoms with E-state index in [1.54, 1.807) is 18.2 Å². The van der Waals surface area contributed by atoms with Gasteiger partial charge >= 0.3 is 0 Å². The molecule has 0 radical (unpaired) electrons. The summed E-state index contributed by atoms with van der Waals surface area (Å²) in [4.78, 5) is 3.95. The number of pyridine rings is 1. The SMILES string of the molecule is Nc1ncc(Cl)cc1C(O)c1cc(Br)c2c(c1)OCCO2. The van der Waals surface area contributed by atoms with Crippen LogP contribution in [-0.4, -0.2) is 23.3 Å². The third kappa shape index (κ3) is 2.79. The average molecular weight is 372 g/mol. The number of halogens is 2. The Morgan fingerprint density at radius 2 is 2.05 bits per heavy atom. The van der Waals surface area contributed by atoms with Gasteiger partial charge in [-0.05, 0) is 39.7 Å². The molecule has 5 nitrogen and oxygen atoms in total. The lowest BCUT2D eigenvalue weighted by Crippen LogP contribution is -2.16. The van der Waals surface area contributed by atoms with E-state index in [1.165, 1.54) is 6.20 Å². The minimum absolute atomic E-state index is 0.234. The topological polar surface area (TPSA) is 77.6 Å². The Labute approximate surface area is 134 Å². The molecular formula is C14H12BrClN2O3. The first kappa shape index (κ1) is 14.4. The van der Waals surface area contributed by atoms with E-state index in [2.05, 4.69) is 20.9 Å². The van der Waals surface area contributed by atoms with Crippen molar-refractivity contribution in [3.63, 3.8) is 0 Å². The lowest BCUT2D eigenvalue weighted by molar-refractivity contribution is 0.168. The fourth-order valence-electron chi connectivity index (χ4n) is 2.15. The van der Waals surface area contributed by atoms with Gasteiger partial charge in [0.15, 0.2) is 11.5 Å². The number of aliphatic hydroxyl groups is 1. The molecule has 21 heavy (non-hydrogen) atoms. The first-order valence-corrected chi connectivity index (χ1v) is 7.41. The second-order valence-corrected chi connectivity index (χ2v) is 5.85. The van der Waals surface area contributed by atoms with Gasteiger partial charge in [0.25, 0.3) is 0 Å². The first-order valence-electron chi connectivity index (χ1n) is 6.24. The van der Waals surface area contributed by atoms with Gasteiger partial charge in [-0.3, -0.25) is 0 Å². The highest BCUT2D eigenvalue weighted by Crippen LogP contribution is 2.41. The molecule has 0 saturated carbocycles. The van der Waals surface area contributed by atoms with Gasteiger partial charge in [0, 0.05) is 11.8 Å². The molecule has 2 heterocycles. The summed E-state index contributed by atoms with van der Waals surface area (Å²) in [5.41, 5.74) is 6.87. The van der Waals surface area contributed by atoms with Crippen molar-refractivity contribution in [3.8, 4) is 11.5 Å².